The summed E-state index contributed by atoms with van der Waals surface area (Å²) in [6.45, 7) is 3.70. The van der Waals surface area contributed by atoms with E-state index in [-0.39, 0.29) is 5.91 Å². The summed E-state index contributed by atoms with van der Waals surface area (Å²) in [5.74, 6) is 0.208. The third-order valence-corrected chi connectivity index (χ3v) is 4.72. The van der Waals surface area contributed by atoms with Crippen LogP contribution in [0.15, 0.2) is 54.9 Å². The van der Waals surface area contributed by atoms with Gasteiger partial charge in [0.2, 0.25) is 5.91 Å². The van der Waals surface area contributed by atoms with Gasteiger partial charge in [-0.1, -0.05) is 30.3 Å². The number of carbonyl (C=O) groups excluding carboxylic acids is 1. The number of aryl methyl sites for hydroxylation is 1. The summed E-state index contributed by atoms with van der Waals surface area (Å²) < 4.78 is 0. The van der Waals surface area contributed by atoms with Crippen LogP contribution in [0.4, 0.5) is 0 Å². The molecule has 132 valence electrons. The maximum absolute atomic E-state index is 12.4. The van der Waals surface area contributed by atoms with E-state index >= 15 is 0 Å². The van der Waals surface area contributed by atoms with Gasteiger partial charge in [-0.2, -0.15) is 0 Å². The number of aliphatic hydroxyl groups excluding tert-OH is 1. The highest BCUT2D eigenvalue weighted by Gasteiger charge is 2.22. The van der Waals surface area contributed by atoms with E-state index in [1.165, 1.54) is 0 Å². The summed E-state index contributed by atoms with van der Waals surface area (Å²) in [7, 11) is 0. The van der Waals surface area contributed by atoms with E-state index < -0.39 is 6.10 Å². The zero-order chi connectivity index (χ0) is 17.5. The van der Waals surface area contributed by atoms with Gasteiger partial charge in [0, 0.05) is 51.5 Å². The molecule has 0 bridgehead atoms. The molecule has 0 spiro atoms. The summed E-state index contributed by atoms with van der Waals surface area (Å²) in [5.41, 5.74) is 2.09. The summed E-state index contributed by atoms with van der Waals surface area (Å²) in [4.78, 5) is 20.5. The van der Waals surface area contributed by atoms with Gasteiger partial charge in [-0.05, 0) is 29.7 Å². The Morgan fingerprint density at radius 1 is 1.04 bits per heavy atom. The summed E-state index contributed by atoms with van der Waals surface area (Å²) in [5, 5.41) is 10.3. The van der Waals surface area contributed by atoms with Gasteiger partial charge in [-0.15, -0.1) is 0 Å². The second-order valence-electron chi connectivity index (χ2n) is 6.46. The molecule has 0 unspecified atom stereocenters. The van der Waals surface area contributed by atoms with E-state index in [0.717, 1.165) is 43.7 Å². The maximum atomic E-state index is 12.4. The molecule has 1 aliphatic heterocycles. The molecule has 0 aliphatic carbocycles. The fourth-order valence-corrected chi connectivity index (χ4v) is 3.16. The van der Waals surface area contributed by atoms with E-state index in [2.05, 4.69) is 9.88 Å². The van der Waals surface area contributed by atoms with Gasteiger partial charge < -0.3 is 10.0 Å². The van der Waals surface area contributed by atoms with E-state index in [4.69, 9.17) is 0 Å². The molecule has 1 fully saturated rings. The number of β-amino-alcohol motifs (C(OH)–C–C–N with tert-alkyl or cyclic N) is 1. The minimum Gasteiger partial charge on any atom is -0.387 e. The van der Waals surface area contributed by atoms with Crippen molar-refractivity contribution >= 4 is 5.91 Å². The Hall–Kier alpha value is -2.24. The molecule has 0 radical (unpaired) electrons. The van der Waals surface area contributed by atoms with Gasteiger partial charge in [0.15, 0.2) is 0 Å². The van der Waals surface area contributed by atoms with Crippen molar-refractivity contribution in [1.82, 2.24) is 14.8 Å². The van der Waals surface area contributed by atoms with Crippen molar-refractivity contribution in [2.75, 3.05) is 32.7 Å². The maximum Gasteiger partial charge on any atom is 0.222 e. The van der Waals surface area contributed by atoms with Crippen LogP contribution in [-0.4, -0.2) is 58.5 Å². The van der Waals surface area contributed by atoms with Crippen molar-refractivity contribution in [2.24, 2.45) is 0 Å². The normalized spacial score (nSPS) is 16.6. The SMILES string of the molecule is O=C(CCc1ccncc1)N1CCN(C[C@H](O)c2ccccc2)CC1. The van der Waals surface area contributed by atoms with Gasteiger partial charge in [0.25, 0.3) is 0 Å². The number of hydrogen-bond acceptors (Lipinski definition) is 4. The highest BCUT2D eigenvalue weighted by Crippen LogP contribution is 2.15. The number of pyridine rings is 1. The molecule has 1 atom stereocenters. The molecule has 2 heterocycles. The predicted octanol–water partition coefficient (Wildman–Crippen LogP) is 1.89. The first-order valence-electron chi connectivity index (χ1n) is 8.84. The van der Waals surface area contributed by atoms with Crippen LogP contribution in [0.3, 0.4) is 0 Å². The third kappa shape index (κ3) is 5.11. The molecule has 1 aromatic heterocycles. The largest absolute Gasteiger partial charge is 0.387 e. The molecule has 3 rings (SSSR count). The molecule has 25 heavy (non-hydrogen) atoms. The number of carbonyl (C=O) groups is 1. The van der Waals surface area contributed by atoms with Crippen LogP contribution in [0.25, 0.3) is 0 Å². The molecule has 1 aliphatic rings. The van der Waals surface area contributed by atoms with Crippen molar-refractivity contribution in [3.05, 3.63) is 66.0 Å². The molecular formula is C20H25N3O2. The molecule has 5 nitrogen and oxygen atoms in total. The Kier molecular flexibility index (Phi) is 6.14. The quantitative estimate of drug-likeness (QED) is 0.873. The lowest BCUT2D eigenvalue weighted by Crippen LogP contribution is -2.49. The van der Waals surface area contributed by atoms with Gasteiger partial charge in [-0.3, -0.25) is 14.7 Å². The van der Waals surface area contributed by atoms with Gasteiger partial charge in [0.05, 0.1) is 6.10 Å². The Labute approximate surface area is 148 Å². The molecule has 1 saturated heterocycles. The Morgan fingerprint density at radius 2 is 1.72 bits per heavy atom. The molecule has 1 amide bonds. The van der Waals surface area contributed by atoms with E-state index in [1.807, 2.05) is 47.4 Å². The summed E-state index contributed by atoms with van der Waals surface area (Å²) >= 11 is 0. The van der Waals surface area contributed by atoms with Crippen LogP contribution in [0, 0.1) is 0 Å². The third-order valence-electron chi connectivity index (χ3n) is 4.72. The lowest BCUT2D eigenvalue weighted by Gasteiger charge is -2.35. The molecular weight excluding hydrogens is 314 g/mol. The van der Waals surface area contributed by atoms with Gasteiger partial charge in [-0.25, -0.2) is 0 Å². The number of aromatic nitrogens is 1. The van der Waals surface area contributed by atoms with Gasteiger partial charge >= 0.3 is 0 Å². The molecule has 1 aromatic carbocycles. The molecule has 5 heteroatoms. The van der Waals surface area contributed by atoms with Crippen LogP contribution >= 0.6 is 0 Å². The van der Waals surface area contributed by atoms with Crippen molar-refractivity contribution in [1.29, 1.82) is 0 Å². The number of aliphatic hydroxyl groups is 1. The highest BCUT2D eigenvalue weighted by molar-refractivity contribution is 5.76. The Morgan fingerprint density at radius 3 is 2.40 bits per heavy atom. The summed E-state index contributed by atoms with van der Waals surface area (Å²) in [6.07, 6.45) is 4.34. The average molecular weight is 339 g/mol. The van der Waals surface area contributed by atoms with E-state index in [0.29, 0.717) is 13.0 Å². The fraction of sp³-hybridized carbons (Fsp3) is 0.400. The minimum absolute atomic E-state index is 0.208. The molecule has 0 saturated carbocycles. The second kappa shape index (κ2) is 8.74. The fourth-order valence-electron chi connectivity index (χ4n) is 3.16. The minimum atomic E-state index is -0.477. The Balaban J connectivity index is 1.41. The zero-order valence-corrected chi connectivity index (χ0v) is 14.4. The molecule has 1 N–H and O–H groups in total. The van der Waals surface area contributed by atoms with Crippen molar-refractivity contribution in [3.8, 4) is 0 Å². The number of benzene rings is 1. The monoisotopic (exact) mass is 339 g/mol. The number of rotatable bonds is 6. The zero-order valence-electron chi connectivity index (χ0n) is 14.4. The van der Waals surface area contributed by atoms with E-state index in [1.54, 1.807) is 12.4 Å². The topological polar surface area (TPSA) is 56.7 Å². The van der Waals surface area contributed by atoms with Crippen molar-refractivity contribution in [2.45, 2.75) is 18.9 Å². The number of nitrogens with zero attached hydrogens (tertiary/aromatic N) is 3. The summed E-state index contributed by atoms with van der Waals surface area (Å²) in [6, 6.07) is 13.6. The standard InChI is InChI=1S/C20H25N3O2/c24-19(18-4-2-1-3-5-18)16-22-12-14-23(15-13-22)20(25)7-6-17-8-10-21-11-9-17/h1-5,8-11,19,24H,6-7,12-16H2/t19-/m0/s1. The first-order valence-corrected chi connectivity index (χ1v) is 8.84. The van der Waals surface area contributed by atoms with Crippen LogP contribution in [0.1, 0.15) is 23.7 Å². The average Bonchev–Trinajstić information content (AvgIpc) is 2.68. The van der Waals surface area contributed by atoms with Gasteiger partial charge in [0.1, 0.15) is 0 Å². The number of amides is 1. The predicted molar refractivity (Wildman–Crippen MR) is 97.0 cm³/mol. The second-order valence-corrected chi connectivity index (χ2v) is 6.46. The lowest BCUT2D eigenvalue weighted by atomic mass is 10.1. The van der Waals surface area contributed by atoms with E-state index in [9.17, 15) is 9.90 Å². The van der Waals surface area contributed by atoms with Crippen LogP contribution in [0.5, 0.6) is 0 Å². The smallest absolute Gasteiger partial charge is 0.222 e. The molecule has 2 aromatic rings. The number of piperazine rings is 1. The first kappa shape index (κ1) is 17.6. The Bertz CT molecular complexity index is 655. The van der Waals surface area contributed by atoms with Crippen LogP contribution in [0.2, 0.25) is 0 Å². The van der Waals surface area contributed by atoms with Crippen molar-refractivity contribution in [3.63, 3.8) is 0 Å². The van der Waals surface area contributed by atoms with Crippen LogP contribution < -0.4 is 0 Å². The lowest BCUT2D eigenvalue weighted by molar-refractivity contribution is -0.133. The van der Waals surface area contributed by atoms with Crippen LogP contribution in [-0.2, 0) is 11.2 Å². The highest BCUT2D eigenvalue weighted by atomic mass is 16.3. The first-order chi connectivity index (χ1) is 12.2. The van der Waals surface area contributed by atoms with Crippen molar-refractivity contribution < 1.29 is 9.90 Å². The number of hydrogen-bond donors (Lipinski definition) is 1.